The van der Waals surface area contributed by atoms with E-state index in [1.54, 1.807) is 0 Å². The molecule has 5 N–H and O–H groups in total. The third-order valence-electron chi connectivity index (χ3n) is 1.68. The molecule has 0 amide bonds. The first kappa shape index (κ1) is 16.2. The normalized spacial score (nSPS) is 16.3. The Morgan fingerprint density at radius 3 is 2.06 bits per heavy atom. The highest BCUT2D eigenvalue weighted by Gasteiger charge is 2.15. The summed E-state index contributed by atoms with van der Waals surface area (Å²) in [6.45, 7) is -1.74. The number of carbonyl (C=O) groups excluding carboxylic acids is 1. The Kier molecular flexibility index (Phi) is 8.86. The van der Waals surface area contributed by atoms with E-state index in [0.717, 1.165) is 0 Å². The van der Waals surface area contributed by atoms with Crippen LogP contribution in [0.25, 0.3) is 0 Å². The molecule has 0 fully saturated rings. The molecule has 3 atom stereocenters. The second kappa shape index (κ2) is 9.28. The Morgan fingerprint density at radius 2 is 1.53 bits per heavy atom. The molecule has 0 aliphatic rings. The van der Waals surface area contributed by atoms with Crippen LogP contribution in [0, 0.1) is 0 Å². The second-order valence-corrected chi connectivity index (χ2v) is 3.35. The van der Waals surface area contributed by atoms with E-state index in [1.165, 1.54) is 0 Å². The maximum Gasteiger partial charge on any atom is 0.311 e. The van der Waals surface area contributed by atoms with Gasteiger partial charge in [-0.05, 0) is 0 Å². The van der Waals surface area contributed by atoms with Crippen molar-refractivity contribution < 1.29 is 39.8 Å². The van der Waals surface area contributed by atoms with Gasteiger partial charge in [0.1, 0.15) is 18.8 Å². The lowest BCUT2D eigenvalue weighted by molar-refractivity contribution is -0.166. The highest BCUT2D eigenvalue weighted by molar-refractivity contribution is 5.69. The monoisotopic (exact) mass is 254 g/mol. The maximum absolute atomic E-state index is 11.0. The Hall–Kier alpha value is -0.770. The molecule has 17 heavy (non-hydrogen) atoms. The van der Waals surface area contributed by atoms with E-state index in [1.807, 2.05) is 0 Å². The van der Waals surface area contributed by atoms with Gasteiger partial charge in [0, 0.05) is 0 Å². The average molecular weight is 254 g/mol. The van der Waals surface area contributed by atoms with E-state index in [9.17, 15) is 4.79 Å². The van der Waals surface area contributed by atoms with Gasteiger partial charge in [-0.1, -0.05) is 0 Å². The lowest BCUT2D eigenvalue weighted by Gasteiger charge is -2.14. The molecule has 0 bridgehead atoms. The van der Waals surface area contributed by atoms with Crippen molar-refractivity contribution in [1.82, 2.24) is 0 Å². The van der Waals surface area contributed by atoms with E-state index in [0.29, 0.717) is 0 Å². The molecule has 102 valence electrons. The van der Waals surface area contributed by atoms with Crippen molar-refractivity contribution in [3.05, 3.63) is 0 Å². The summed E-state index contributed by atoms with van der Waals surface area (Å²) in [4.78, 5) is 11.0. The number of aliphatic hydroxyl groups excluding tert-OH is 5. The maximum atomic E-state index is 11.0. The summed E-state index contributed by atoms with van der Waals surface area (Å²) in [6.07, 6.45) is -4.23. The molecule has 0 radical (unpaired) electrons. The summed E-state index contributed by atoms with van der Waals surface area (Å²) < 4.78 is 9.13. The molecule has 0 saturated heterocycles. The van der Waals surface area contributed by atoms with E-state index in [2.05, 4.69) is 9.47 Å². The van der Waals surface area contributed by atoms with Crippen LogP contribution in [0.4, 0.5) is 0 Å². The number of hydrogen-bond donors (Lipinski definition) is 5. The zero-order chi connectivity index (χ0) is 13.3. The molecule has 3 unspecified atom stereocenters. The van der Waals surface area contributed by atoms with Gasteiger partial charge in [0.15, 0.2) is 6.29 Å². The third-order valence-corrected chi connectivity index (χ3v) is 1.68. The van der Waals surface area contributed by atoms with Gasteiger partial charge in [0.2, 0.25) is 0 Å². The van der Waals surface area contributed by atoms with E-state index in [-0.39, 0.29) is 13.2 Å². The van der Waals surface area contributed by atoms with Crippen molar-refractivity contribution in [2.75, 3.05) is 26.4 Å². The number of rotatable bonds is 9. The van der Waals surface area contributed by atoms with Crippen LogP contribution < -0.4 is 0 Å². The molecule has 0 aliphatic carbocycles. The van der Waals surface area contributed by atoms with Crippen molar-refractivity contribution in [2.24, 2.45) is 0 Å². The van der Waals surface area contributed by atoms with Crippen molar-refractivity contribution in [3.8, 4) is 0 Å². The Bertz CT molecular complexity index is 209. The van der Waals surface area contributed by atoms with Gasteiger partial charge >= 0.3 is 5.97 Å². The van der Waals surface area contributed by atoms with Crippen LogP contribution in [-0.2, 0) is 14.3 Å². The van der Waals surface area contributed by atoms with Gasteiger partial charge in [-0.2, -0.15) is 0 Å². The highest BCUT2D eigenvalue weighted by Crippen LogP contribution is 1.99. The molecule has 0 aromatic heterocycles. The molecule has 0 aliphatic heterocycles. The molecule has 8 nitrogen and oxygen atoms in total. The molecule has 0 saturated carbocycles. The van der Waals surface area contributed by atoms with Crippen LogP contribution in [0.5, 0.6) is 0 Å². The summed E-state index contributed by atoms with van der Waals surface area (Å²) >= 11 is 0. The first-order chi connectivity index (χ1) is 7.99. The SMILES string of the molecule is O=C(CC(O)OCC(O)CO)OCC(O)CO. The van der Waals surface area contributed by atoms with E-state index in [4.69, 9.17) is 25.5 Å². The Labute approximate surface area is 98.0 Å². The number of aliphatic hydroxyl groups is 5. The summed E-state index contributed by atoms with van der Waals surface area (Å²) in [5, 5.41) is 43.8. The van der Waals surface area contributed by atoms with E-state index < -0.39 is 44.1 Å². The van der Waals surface area contributed by atoms with Crippen LogP contribution in [0.2, 0.25) is 0 Å². The summed E-state index contributed by atoms with van der Waals surface area (Å²) in [6, 6.07) is 0. The first-order valence-corrected chi connectivity index (χ1v) is 5.02. The van der Waals surface area contributed by atoms with Gasteiger partial charge < -0.3 is 35.0 Å². The fourth-order valence-electron chi connectivity index (χ4n) is 0.777. The number of hydrogen-bond acceptors (Lipinski definition) is 8. The smallest absolute Gasteiger partial charge is 0.311 e. The molecule has 0 spiro atoms. The van der Waals surface area contributed by atoms with Crippen LogP contribution in [0.1, 0.15) is 6.42 Å². The molecule has 0 aromatic carbocycles. The van der Waals surface area contributed by atoms with E-state index >= 15 is 0 Å². The number of esters is 1. The topological polar surface area (TPSA) is 137 Å². The van der Waals surface area contributed by atoms with Crippen LogP contribution in [0.3, 0.4) is 0 Å². The second-order valence-electron chi connectivity index (χ2n) is 3.35. The standard InChI is InChI=1S/C9H18O8/c10-2-6(12)4-16-8(14)1-9(15)17-5-7(13)3-11/h6-8,10-14H,1-5H2. The zero-order valence-corrected chi connectivity index (χ0v) is 9.23. The zero-order valence-electron chi connectivity index (χ0n) is 9.23. The highest BCUT2D eigenvalue weighted by atomic mass is 16.6. The lowest BCUT2D eigenvalue weighted by atomic mass is 10.4. The number of ether oxygens (including phenoxy) is 2. The molecule has 0 rings (SSSR count). The van der Waals surface area contributed by atoms with Gasteiger partial charge in [0.05, 0.1) is 26.2 Å². The average Bonchev–Trinajstić information content (AvgIpc) is 2.32. The van der Waals surface area contributed by atoms with Gasteiger partial charge in [-0.15, -0.1) is 0 Å². The first-order valence-electron chi connectivity index (χ1n) is 5.02. The predicted molar refractivity (Wildman–Crippen MR) is 53.7 cm³/mol. The quantitative estimate of drug-likeness (QED) is 0.216. The van der Waals surface area contributed by atoms with Gasteiger partial charge in [-0.25, -0.2) is 0 Å². The van der Waals surface area contributed by atoms with Gasteiger partial charge in [-0.3, -0.25) is 4.79 Å². The lowest BCUT2D eigenvalue weighted by Crippen LogP contribution is -2.28. The van der Waals surface area contributed by atoms with Crippen LogP contribution in [0.15, 0.2) is 0 Å². The minimum Gasteiger partial charge on any atom is -0.463 e. The molecular formula is C9H18O8. The van der Waals surface area contributed by atoms with Gasteiger partial charge in [0.25, 0.3) is 0 Å². The third kappa shape index (κ3) is 8.98. The molecule has 8 heteroatoms. The fraction of sp³-hybridized carbons (Fsp3) is 0.889. The largest absolute Gasteiger partial charge is 0.463 e. The summed E-state index contributed by atoms with van der Waals surface area (Å²) in [5.41, 5.74) is 0. The van der Waals surface area contributed by atoms with Crippen molar-refractivity contribution in [1.29, 1.82) is 0 Å². The summed E-state index contributed by atoms with van der Waals surface area (Å²) in [7, 11) is 0. The summed E-state index contributed by atoms with van der Waals surface area (Å²) in [5.74, 6) is -0.816. The Balaban J connectivity index is 3.65. The minimum atomic E-state index is -1.46. The van der Waals surface area contributed by atoms with Crippen molar-refractivity contribution >= 4 is 5.97 Å². The molecule has 0 aromatic rings. The predicted octanol–water partition coefficient (Wildman–Crippen LogP) is -3.04. The molecule has 0 heterocycles. The fourth-order valence-corrected chi connectivity index (χ4v) is 0.777. The van der Waals surface area contributed by atoms with Crippen LogP contribution in [-0.4, -0.2) is 76.4 Å². The Morgan fingerprint density at radius 1 is 1.00 bits per heavy atom. The van der Waals surface area contributed by atoms with Crippen LogP contribution >= 0.6 is 0 Å². The van der Waals surface area contributed by atoms with Crippen molar-refractivity contribution in [3.63, 3.8) is 0 Å². The minimum absolute atomic E-state index is 0.315. The molecular weight excluding hydrogens is 236 g/mol. The van der Waals surface area contributed by atoms with Crippen molar-refractivity contribution in [2.45, 2.75) is 24.9 Å². The number of carbonyl (C=O) groups is 1.